The quantitative estimate of drug-likeness (QED) is 0.296. The molecule has 1 aliphatic rings. The zero-order valence-electron chi connectivity index (χ0n) is 9.42. The summed E-state index contributed by atoms with van der Waals surface area (Å²) in [5.74, 6) is -2.12. The first-order chi connectivity index (χ1) is 8.06. The monoisotopic (exact) mass is 247 g/mol. The summed E-state index contributed by atoms with van der Waals surface area (Å²) < 4.78 is 9.96. The summed E-state index contributed by atoms with van der Waals surface area (Å²) in [5, 5.41) is 18.1. The Labute approximate surface area is 99.0 Å². The lowest BCUT2D eigenvalue weighted by atomic mass is 10.5. The molecule has 1 heterocycles. The second kappa shape index (κ2) is 9.76. The maximum Gasteiger partial charge on any atom is 0.317 e. The van der Waals surface area contributed by atoms with Crippen LogP contribution >= 0.6 is 0 Å². The molecule has 0 bridgehead atoms. The van der Waals surface area contributed by atoms with Gasteiger partial charge in [0.2, 0.25) is 0 Å². The van der Waals surface area contributed by atoms with Crippen LogP contribution < -0.4 is 5.32 Å². The topological polar surface area (TPSA) is 108 Å². The molecule has 0 aromatic carbocycles. The van der Waals surface area contributed by atoms with Gasteiger partial charge in [0, 0.05) is 0 Å². The Morgan fingerprint density at radius 2 is 1.94 bits per heavy atom. The Hall–Kier alpha value is -1.44. The lowest BCUT2D eigenvalue weighted by Gasteiger charge is -1.93. The van der Waals surface area contributed by atoms with Crippen molar-refractivity contribution in [2.45, 2.75) is 6.10 Å². The standard InChI is InChI=1S/C6H10O2.C4H7NO4/c1-2-3-7-4-6-5-8-6;6-3(7)1-5-2-4(8)9/h2,6H,1,3-5H2;5H,1-2H2,(H,6,7)(H,8,9). The Morgan fingerprint density at radius 1 is 1.41 bits per heavy atom. The molecule has 0 aliphatic carbocycles. The third-order valence-corrected chi connectivity index (χ3v) is 1.49. The van der Waals surface area contributed by atoms with Gasteiger partial charge in [-0.2, -0.15) is 0 Å². The number of epoxide rings is 1. The van der Waals surface area contributed by atoms with E-state index in [4.69, 9.17) is 19.7 Å². The number of carboxylic acids is 2. The number of hydrogen-bond acceptors (Lipinski definition) is 5. The van der Waals surface area contributed by atoms with E-state index in [1.807, 2.05) is 0 Å². The highest BCUT2D eigenvalue weighted by molar-refractivity contribution is 5.72. The van der Waals surface area contributed by atoms with E-state index in [1.54, 1.807) is 6.08 Å². The highest BCUT2D eigenvalue weighted by atomic mass is 16.6. The fourth-order valence-electron chi connectivity index (χ4n) is 0.723. The molecular formula is C10H17NO6. The SMILES string of the molecule is C=CCOCC1CO1.O=C(O)CNCC(=O)O. The Kier molecular flexibility index (Phi) is 8.94. The first-order valence-electron chi connectivity index (χ1n) is 5.00. The van der Waals surface area contributed by atoms with Crippen molar-refractivity contribution in [2.75, 3.05) is 32.9 Å². The van der Waals surface area contributed by atoms with Crippen LogP contribution in [-0.4, -0.2) is 61.2 Å². The summed E-state index contributed by atoms with van der Waals surface area (Å²) in [4.78, 5) is 19.5. The van der Waals surface area contributed by atoms with Crippen LogP contribution in [0.5, 0.6) is 0 Å². The fourth-order valence-corrected chi connectivity index (χ4v) is 0.723. The minimum absolute atomic E-state index is 0.313. The molecule has 1 unspecified atom stereocenters. The van der Waals surface area contributed by atoms with Crippen molar-refractivity contribution in [1.82, 2.24) is 5.32 Å². The summed E-state index contributed by atoms with van der Waals surface area (Å²) in [7, 11) is 0. The van der Waals surface area contributed by atoms with Crippen molar-refractivity contribution in [3.63, 3.8) is 0 Å². The van der Waals surface area contributed by atoms with E-state index in [9.17, 15) is 9.59 Å². The third-order valence-electron chi connectivity index (χ3n) is 1.49. The second-order valence-corrected chi connectivity index (χ2v) is 3.17. The van der Waals surface area contributed by atoms with Crippen molar-refractivity contribution in [3.8, 4) is 0 Å². The highest BCUT2D eigenvalue weighted by Gasteiger charge is 2.21. The Morgan fingerprint density at radius 3 is 2.29 bits per heavy atom. The van der Waals surface area contributed by atoms with E-state index in [1.165, 1.54) is 0 Å². The molecule has 0 amide bonds. The third kappa shape index (κ3) is 14.6. The average Bonchev–Trinajstić information content (AvgIpc) is 3.02. The second-order valence-electron chi connectivity index (χ2n) is 3.17. The van der Waals surface area contributed by atoms with Crippen LogP contribution in [0.25, 0.3) is 0 Å². The van der Waals surface area contributed by atoms with E-state index < -0.39 is 11.9 Å². The summed E-state index contributed by atoms with van der Waals surface area (Å²) in [5.41, 5.74) is 0. The molecule has 0 radical (unpaired) electrons. The number of ether oxygens (including phenoxy) is 2. The maximum atomic E-state index is 9.73. The number of carbonyl (C=O) groups is 2. The van der Waals surface area contributed by atoms with E-state index >= 15 is 0 Å². The molecule has 0 aromatic rings. The lowest BCUT2D eigenvalue weighted by Crippen LogP contribution is -2.27. The van der Waals surface area contributed by atoms with Crippen LogP contribution in [0.1, 0.15) is 0 Å². The average molecular weight is 247 g/mol. The van der Waals surface area contributed by atoms with Crippen molar-refractivity contribution < 1.29 is 29.3 Å². The van der Waals surface area contributed by atoms with Gasteiger partial charge in [-0.1, -0.05) is 6.08 Å². The molecule has 0 spiro atoms. The fraction of sp³-hybridized carbons (Fsp3) is 0.600. The van der Waals surface area contributed by atoms with E-state index in [0.29, 0.717) is 12.7 Å². The molecule has 1 fully saturated rings. The zero-order chi connectivity index (χ0) is 13.1. The van der Waals surface area contributed by atoms with Crippen LogP contribution in [-0.2, 0) is 19.1 Å². The minimum atomic E-state index is -1.06. The zero-order valence-corrected chi connectivity index (χ0v) is 9.42. The molecule has 1 rings (SSSR count). The van der Waals surface area contributed by atoms with Gasteiger partial charge >= 0.3 is 11.9 Å². The van der Waals surface area contributed by atoms with Gasteiger partial charge in [0.25, 0.3) is 0 Å². The number of rotatable bonds is 8. The van der Waals surface area contributed by atoms with Gasteiger partial charge in [0.1, 0.15) is 6.10 Å². The van der Waals surface area contributed by atoms with Crippen LogP contribution in [0.15, 0.2) is 12.7 Å². The van der Waals surface area contributed by atoms with Gasteiger partial charge in [-0.05, 0) is 0 Å². The van der Waals surface area contributed by atoms with Gasteiger partial charge in [-0.15, -0.1) is 6.58 Å². The van der Waals surface area contributed by atoms with Gasteiger partial charge in [0.05, 0.1) is 32.9 Å². The summed E-state index contributed by atoms with van der Waals surface area (Å²) >= 11 is 0. The molecule has 1 aliphatic heterocycles. The Balaban J connectivity index is 0.000000302. The molecule has 98 valence electrons. The Bertz CT molecular complexity index is 237. The predicted octanol–water partition coefficient (Wildman–Crippen LogP) is -0.667. The first-order valence-corrected chi connectivity index (χ1v) is 5.00. The van der Waals surface area contributed by atoms with E-state index in [-0.39, 0.29) is 13.1 Å². The van der Waals surface area contributed by atoms with Crippen molar-refractivity contribution >= 4 is 11.9 Å². The van der Waals surface area contributed by atoms with Gasteiger partial charge in [-0.25, -0.2) is 0 Å². The number of carboxylic acid groups (broad SMARTS) is 2. The molecular weight excluding hydrogens is 230 g/mol. The molecule has 0 aromatic heterocycles. The summed E-state index contributed by atoms with van der Waals surface area (Å²) in [6, 6.07) is 0. The van der Waals surface area contributed by atoms with Gasteiger partial charge in [-0.3, -0.25) is 14.9 Å². The molecule has 0 saturated carbocycles. The first kappa shape index (κ1) is 15.6. The minimum Gasteiger partial charge on any atom is -0.480 e. The lowest BCUT2D eigenvalue weighted by molar-refractivity contribution is -0.137. The number of nitrogens with one attached hydrogen (secondary N) is 1. The van der Waals surface area contributed by atoms with Crippen molar-refractivity contribution in [1.29, 1.82) is 0 Å². The number of aliphatic carboxylic acids is 2. The van der Waals surface area contributed by atoms with Crippen LogP contribution in [0.4, 0.5) is 0 Å². The largest absolute Gasteiger partial charge is 0.480 e. The van der Waals surface area contributed by atoms with Crippen LogP contribution in [0.2, 0.25) is 0 Å². The molecule has 1 saturated heterocycles. The van der Waals surface area contributed by atoms with Gasteiger partial charge in [0.15, 0.2) is 0 Å². The molecule has 7 heteroatoms. The molecule has 17 heavy (non-hydrogen) atoms. The molecule has 7 nitrogen and oxygen atoms in total. The van der Waals surface area contributed by atoms with E-state index in [0.717, 1.165) is 13.2 Å². The molecule has 3 N–H and O–H groups in total. The summed E-state index contributed by atoms with van der Waals surface area (Å²) in [6.07, 6.45) is 2.12. The molecule has 1 atom stereocenters. The summed E-state index contributed by atoms with van der Waals surface area (Å²) in [6.45, 7) is 5.12. The smallest absolute Gasteiger partial charge is 0.317 e. The van der Waals surface area contributed by atoms with Crippen LogP contribution in [0, 0.1) is 0 Å². The normalized spacial score (nSPS) is 16.6. The highest BCUT2D eigenvalue weighted by Crippen LogP contribution is 2.07. The van der Waals surface area contributed by atoms with Gasteiger partial charge < -0.3 is 19.7 Å². The van der Waals surface area contributed by atoms with Crippen LogP contribution in [0.3, 0.4) is 0 Å². The van der Waals surface area contributed by atoms with Crippen molar-refractivity contribution in [3.05, 3.63) is 12.7 Å². The van der Waals surface area contributed by atoms with Crippen molar-refractivity contribution in [2.24, 2.45) is 0 Å². The van der Waals surface area contributed by atoms with E-state index in [2.05, 4.69) is 11.9 Å². The predicted molar refractivity (Wildman–Crippen MR) is 58.9 cm³/mol. The number of hydrogen-bond donors (Lipinski definition) is 3. The maximum absolute atomic E-state index is 9.73.